The average molecular weight is 380 g/mol. The summed E-state index contributed by atoms with van der Waals surface area (Å²) >= 11 is 1.48. The van der Waals surface area contributed by atoms with E-state index in [1.807, 2.05) is 12.1 Å². The number of amides is 1. The summed E-state index contributed by atoms with van der Waals surface area (Å²) in [6.07, 6.45) is 1.62. The van der Waals surface area contributed by atoms with Gasteiger partial charge >= 0.3 is 0 Å². The SMILES string of the molecule is O=C(c1ccc2ncsc2c1)N1CCc2nc3ccc(F)cn3c(=O)c2C1. The maximum atomic E-state index is 13.5. The van der Waals surface area contributed by atoms with Crippen LogP contribution in [0.4, 0.5) is 4.39 Å². The molecule has 0 spiro atoms. The number of nitrogens with zero attached hydrogens (tertiary/aromatic N) is 4. The molecule has 0 fully saturated rings. The Kier molecular flexibility index (Phi) is 3.54. The highest BCUT2D eigenvalue weighted by molar-refractivity contribution is 7.16. The van der Waals surface area contributed by atoms with Crippen LogP contribution in [0.15, 0.2) is 46.8 Å². The molecule has 8 heteroatoms. The van der Waals surface area contributed by atoms with Crippen molar-refractivity contribution in [3.05, 3.63) is 75.0 Å². The number of rotatable bonds is 1. The molecule has 134 valence electrons. The predicted molar refractivity (Wildman–Crippen MR) is 99.5 cm³/mol. The average Bonchev–Trinajstić information content (AvgIpc) is 3.16. The van der Waals surface area contributed by atoms with Crippen LogP contribution in [0.1, 0.15) is 21.6 Å². The van der Waals surface area contributed by atoms with Gasteiger partial charge in [0.25, 0.3) is 11.5 Å². The van der Waals surface area contributed by atoms with Crippen molar-refractivity contribution in [3.63, 3.8) is 0 Å². The van der Waals surface area contributed by atoms with Gasteiger partial charge in [-0.1, -0.05) is 0 Å². The van der Waals surface area contributed by atoms with Crippen molar-refractivity contribution in [2.24, 2.45) is 0 Å². The molecule has 0 bridgehead atoms. The lowest BCUT2D eigenvalue weighted by atomic mass is 10.1. The number of pyridine rings is 1. The number of hydrogen-bond donors (Lipinski definition) is 0. The fourth-order valence-electron chi connectivity index (χ4n) is 3.42. The summed E-state index contributed by atoms with van der Waals surface area (Å²) in [6.45, 7) is 0.649. The summed E-state index contributed by atoms with van der Waals surface area (Å²) in [5, 5.41) is 0. The Morgan fingerprint density at radius 2 is 2.11 bits per heavy atom. The van der Waals surface area contributed by atoms with Gasteiger partial charge in [0.2, 0.25) is 0 Å². The molecule has 4 aromatic rings. The lowest BCUT2D eigenvalue weighted by Gasteiger charge is -2.28. The molecule has 27 heavy (non-hydrogen) atoms. The Balaban J connectivity index is 1.53. The molecule has 1 aromatic carbocycles. The summed E-state index contributed by atoms with van der Waals surface area (Å²) in [6, 6.07) is 8.16. The third-order valence-electron chi connectivity index (χ3n) is 4.80. The minimum Gasteiger partial charge on any atom is -0.334 e. The minimum absolute atomic E-state index is 0.139. The molecule has 1 aliphatic heterocycles. The Bertz CT molecular complexity index is 1280. The number of benzene rings is 1. The summed E-state index contributed by atoms with van der Waals surface area (Å²) in [4.78, 5) is 36.0. The molecule has 0 aliphatic carbocycles. The predicted octanol–water partition coefficient (Wildman–Crippen LogP) is 2.64. The zero-order chi connectivity index (χ0) is 18.5. The third-order valence-corrected chi connectivity index (χ3v) is 5.59. The number of halogens is 1. The highest BCUT2D eigenvalue weighted by Gasteiger charge is 2.26. The highest BCUT2D eigenvalue weighted by Crippen LogP contribution is 2.22. The van der Waals surface area contributed by atoms with Crippen molar-refractivity contribution in [2.45, 2.75) is 13.0 Å². The molecule has 0 saturated carbocycles. The van der Waals surface area contributed by atoms with Crippen LogP contribution >= 0.6 is 11.3 Å². The van der Waals surface area contributed by atoms with Crippen LogP contribution in [-0.4, -0.2) is 31.7 Å². The molecule has 0 unspecified atom stereocenters. The van der Waals surface area contributed by atoms with Crippen molar-refractivity contribution in [3.8, 4) is 0 Å². The molecule has 6 nitrogen and oxygen atoms in total. The van der Waals surface area contributed by atoms with E-state index < -0.39 is 5.82 Å². The van der Waals surface area contributed by atoms with E-state index in [2.05, 4.69) is 9.97 Å². The molecular formula is C19H13FN4O2S. The van der Waals surface area contributed by atoms with Crippen molar-refractivity contribution < 1.29 is 9.18 Å². The second kappa shape index (κ2) is 5.95. The van der Waals surface area contributed by atoms with Gasteiger partial charge in [0.15, 0.2) is 0 Å². The van der Waals surface area contributed by atoms with Gasteiger partial charge < -0.3 is 4.90 Å². The summed E-state index contributed by atoms with van der Waals surface area (Å²) in [7, 11) is 0. The number of aromatic nitrogens is 3. The van der Waals surface area contributed by atoms with E-state index >= 15 is 0 Å². The molecule has 3 aromatic heterocycles. The summed E-state index contributed by atoms with van der Waals surface area (Å²) in [5.74, 6) is -0.646. The molecule has 0 atom stereocenters. The lowest BCUT2D eigenvalue weighted by Crippen LogP contribution is -2.40. The van der Waals surface area contributed by atoms with E-state index in [4.69, 9.17) is 0 Å². The van der Waals surface area contributed by atoms with Crippen LogP contribution in [0.3, 0.4) is 0 Å². The van der Waals surface area contributed by atoms with Crippen LogP contribution in [0.5, 0.6) is 0 Å². The van der Waals surface area contributed by atoms with Crippen LogP contribution < -0.4 is 5.56 Å². The highest BCUT2D eigenvalue weighted by atomic mass is 32.1. The van der Waals surface area contributed by atoms with E-state index in [0.29, 0.717) is 35.4 Å². The molecule has 1 amide bonds. The number of carbonyl (C=O) groups is 1. The fourth-order valence-corrected chi connectivity index (χ4v) is 4.13. The molecule has 0 saturated heterocycles. The van der Waals surface area contributed by atoms with Crippen LogP contribution in [0.2, 0.25) is 0 Å². The van der Waals surface area contributed by atoms with Gasteiger partial charge in [0.1, 0.15) is 11.5 Å². The van der Waals surface area contributed by atoms with Gasteiger partial charge in [-0.2, -0.15) is 0 Å². The maximum absolute atomic E-state index is 13.5. The second-order valence-corrected chi connectivity index (χ2v) is 7.32. The van der Waals surface area contributed by atoms with Gasteiger partial charge in [-0.25, -0.2) is 14.4 Å². The van der Waals surface area contributed by atoms with Crippen LogP contribution in [0, 0.1) is 5.82 Å². The van der Waals surface area contributed by atoms with Crippen molar-refractivity contribution in [2.75, 3.05) is 6.54 Å². The number of fused-ring (bicyclic) bond motifs is 3. The smallest absolute Gasteiger partial charge is 0.263 e. The molecule has 0 N–H and O–H groups in total. The molecule has 0 radical (unpaired) electrons. The van der Waals surface area contributed by atoms with Crippen molar-refractivity contribution in [1.29, 1.82) is 0 Å². The quantitative estimate of drug-likeness (QED) is 0.509. The van der Waals surface area contributed by atoms with E-state index in [9.17, 15) is 14.0 Å². The zero-order valence-electron chi connectivity index (χ0n) is 14.1. The van der Waals surface area contributed by atoms with E-state index in [-0.39, 0.29) is 18.0 Å². The van der Waals surface area contributed by atoms with E-state index in [1.54, 1.807) is 16.5 Å². The van der Waals surface area contributed by atoms with Gasteiger partial charge in [-0.15, -0.1) is 11.3 Å². The minimum atomic E-state index is -0.507. The first kappa shape index (κ1) is 16.1. The standard InChI is InChI=1S/C19H13FN4O2S/c20-12-2-4-17-22-14-5-6-23(9-13(14)19(26)24(17)8-12)18(25)11-1-3-15-16(7-11)27-10-21-15/h1-4,7-8,10H,5-6,9H2. The molecule has 4 heterocycles. The van der Waals surface area contributed by atoms with Crippen molar-refractivity contribution in [1.82, 2.24) is 19.3 Å². The number of hydrogen-bond acceptors (Lipinski definition) is 5. The zero-order valence-corrected chi connectivity index (χ0v) is 14.9. The monoisotopic (exact) mass is 380 g/mol. The second-order valence-electron chi connectivity index (χ2n) is 6.43. The first-order valence-electron chi connectivity index (χ1n) is 8.42. The molecular weight excluding hydrogens is 367 g/mol. The third kappa shape index (κ3) is 2.60. The van der Waals surface area contributed by atoms with Crippen LogP contribution in [-0.2, 0) is 13.0 Å². The summed E-state index contributed by atoms with van der Waals surface area (Å²) in [5.41, 5.74) is 4.37. The van der Waals surface area contributed by atoms with Gasteiger partial charge in [-0.3, -0.25) is 14.0 Å². The van der Waals surface area contributed by atoms with Crippen molar-refractivity contribution >= 4 is 33.1 Å². The first-order chi connectivity index (χ1) is 13.1. The Morgan fingerprint density at radius 3 is 3.00 bits per heavy atom. The number of carbonyl (C=O) groups excluding carboxylic acids is 1. The number of thiazole rings is 1. The Hall–Kier alpha value is -3.13. The maximum Gasteiger partial charge on any atom is 0.263 e. The molecule has 5 rings (SSSR count). The lowest BCUT2D eigenvalue weighted by molar-refractivity contribution is 0.0733. The normalized spacial score (nSPS) is 13.9. The van der Waals surface area contributed by atoms with Gasteiger partial charge in [0.05, 0.1) is 33.5 Å². The van der Waals surface area contributed by atoms with E-state index in [1.165, 1.54) is 27.9 Å². The first-order valence-corrected chi connectivity index (χ1v) is 9.30. The summed E-state index contributed by atoms with van der Waals surface area (Å²) < 4.78 is 15.7. The van der Waals surface area contributed by atoms with E-state index in [0.717, 1.165) is 16.4 Å². The fraction of sp³-hybridized carbons (Fsp3) is 0.158. The van der Waals surface area contributed by atoms with Gasteiger partial charge in [-0.05, 0) is 30.3 Å². The largest absolute Gasteiger partial charge is 0.334 e. The molecule has 1 aliphatic rings. The van der Waals surface area contributed by atoms with Gasteiger partial charge in [0, 0.05) is 24.7 Å². The Labute approximate surface area is 156 Å². The topological polar surface area (TPSA) is 67.6 Å². The van der Waals surface area contributed by atoms with Crippen LogP contribution in [0.25, 0.3) is 15.9 Å². The Morgan fingerprint density at radius 1 is 1.22 bits per heavy atom.